The largest absolute Gasteiger partial charge is 0.343 e. The molecule has 1 atom stereocenters. The molecule has 2 aliphatic rings. The first-order chi connectivity index (χ1) is 11.8. The van der Waals surface area contributed by atoms with Gasteiger partial charge in [0, 0.05) is 33.9 Å². The Hall–Kier alpha value is -1.94. The van der Waals surface area contributed by atoms with Crippen LogP contribution in [0, 0.1) is 5.41 Å². The fraction of sp³-hybridized carbons (Fsp3) is 0.333. The molecule has 1 aliphatic heterocycles. The summed E-state index contributed by atoms with van der Waals surface area (Å²) in [6.45, 7) is 6.46. The number of Topliss-reactive ketones (excluding diaryl/α,β-unsaturated/α-hetero) is 1. The van der Waals surface area contributed by atoms with Crippen LogP contribution in [0.3, 0.4) is 0 Å². The van der Waals surface area contributed by atoms with Gasteiger partial charge in [0.2, 0.25) is 0 Å². The van der Waals surface area contributed by atoms with E-state index in [4.69, 9.17) is 0 Å². The number of hydrogen-bond donors (Lipinski definition) is 1. The van der Waals surface area contributed by atoms with E-state index in [1.54, 1.807) is 6.20 Å². The maximum Gasteiger partial charge on any atom is 0.162 e. The quantitative estimate of drug-likeness (QED) is 0.718. The van der Waals surface area contributed by atoms with E-state index in [1.165, 1.54) is 0 Å². The number of halogens is 1. The van der Waals surface area contributed by atoms with Crippen molar-refractivity contribution in [1.82, 2.24) is 4.98 Å². The summed E-state index contributed by atoms with van der Waals surface area (Å²) in [6.07, 6.45) is 3.22. The van der Waals surface area contributed by atoms with Gasteiger partial charge in [-0.05, 0) is 30.4 Å². The summed E-state index contributed by atoms with van der Waals surface area (Å²) >= 11 is 3.70. The molecule has 3 nitrogen and oxygen atoms in total. The van der Waals surface area contributed by atoms with Crippen molar-refractivity contribution in [1.29, 1.82) is 0 Å². The van der Waals surface area contributed by atoms with E-state index in [2.05, 4.69) is 59.1 Å². The van der Waals surface area contributed by atoms with Crippen molar-refractivity contribution in [3.05, 3.63) is 69.5 Å². The molecule has 0 fully saturated rings. The van der Waals surface area contributed by atoms with Gasteiger partial charge in [0.1, 0.15) is 5.82 Å². The lowest BCUT2D eigenvalue weighted by molar-refractivity contribution is -0.118. The van der Waals surface area contributed by atoms with Crippen molar-refractivity contribution in [3.63, 3.8) is 0 Å². The van der Waals surface area contributed by atoms with E-state index in [0.717, 1.165) is 39.1 Å². The van der Waals surface area contributed by atoms with Gasteiger partial charge in [0.05, 0.1) is 5.41 Å². The molecule has 4 heteroatoms. The van der Waals surface area contributed by atoms with Crippen LogP contribution in [0.2, 0.25) is 0 Å². The SMILES string of the molecule is CC1(C)CC(=O)C2=C(C1)Nc1nccc(Br)c1[C@]2(C)c1ccccc1. The molecule has 0 amide bonds. The van der Waals surface area contributed by atoms with Crippen molar-refractivity contribution >= 4 is 27.5 Å². The van der Waals surface area contributed by atoms with Gasteiger partial charge >= 0.3 is 0 Å². The van der Waals surface area contributed by atoms with Crippen LogP contribution in [0.5, 0.6) is 0 Å². The number of hydrogen-bond acceptors (Lipinski definition) is 3. The average molecular weight is 397 g/mol. The molecule has 2 heterocycles. The van der Waals surface area contributed by atoms with E-state index in [0.29, 0.717) is 6.42 Å². The third-order valence-corrected chi connectivity index (χ3v) is 6.06. The van der Waals surface area contributed by atoms with Crippen LogP contribution in [-0.2, 0) is 10.2 Å². The van der Waals surface area contributed by atoms with E-state index < -0.39 is 5.41 Å². The van der Waals surface area contributed by atoms with Gasteiger partial charge in [-0.3, -0.25) is 4.79 Å². The van der Waals surface area contributed by atoms with Gasteiger partial charge < -0.3 is 5.32 Å². The molecule has 25 heavy (non-hydrogen) atoms. The number of carbonyl (C=O) groups is 1. The number of carbonyl (C=O) groups excluding carboxylic acids is 1. The Bertz CT molecular complexity index is 901. The number of nitrogens with zero attached hydrogens (tertiary/aromatic N) is 1. The van der Waals surface area contributed by atoms with Crippen LogP contribution < -0.4 is 5.32 Å². The first-order valence-electron chi connectivity index (χ1n) is 8.57. The smallest absolute Gasteiger partial charge is 0.162 e. The van der Waals surface area contributed by atoms with Crippen molar-refractivity contribution < 1.29 is 4.79 Å². The Morgan fingerprint density at radius 1 is 1.08 bits per heavy atom. The molecule has 1 N–H and O–H groups in total. The maximum atomic E-state index is 13.2. The molecule has 1 aromatic heterocycles. The van der Waals surface area contributed by atoms with Crippen molar-refractivity contribution in [3.8, 4) is 0 Å². The summed E-state index contributed by atoms with van der Waals surface area (Å²) in [4.78, 5) is 17.8. The molecule has 1 aliphatic carbocycles. The van der Waals surface area contributed by atoms with E-state index >= 15 is 0 Å². The number of fused-ring (bicyclic) bond motifs is 1. The van der Waals surface area contributed by atoms with Crippen molar-refractivity contribution in [2.45, 2.75) is 39.0 Å². The number of aromatic nitrogens is 1. The Morgan fingerprint density at radius 2 is 1.80 bits per heavy atom. The zero-order chi connectivity index (χ0) is 17.8. The molecule has 1 aromatic carbocycles. The van der Waals surface area contributed by atoms with Crippen LogP contribution in [0.4, 0.5) is 5.82 Å². The lowest BCUT2D eigenvalue weighted by Crippen LogP contribution is -2.42. The first-order valence-corrected chi connectivity index (χ1v) is 9.36. The summed E-state index contributed by atoms with van der Waals surface area (Å²) < 4.78 is 0.973. The minimum atomic E-state index is -0.516. The highest BCUT2D eigenvalue weighted by Gasteiger charge is 2.48. The van der Waals surface area contributed by atoms with Crippen LogP contribution in [0.15, 0.2) is 58.3 Å². The fourth-order valence-corrected chi connectivity index (χ4v) is 5.05. The number of pyridine rings is 1. The third kappa shape index (κ3) is 2.46. The second-order valence-corrected chi connectivity index (χ2v) is 8.78. The van der Waals surface area contributed by atoms with Gasteiger partial charge in [0.25, 0.3) is 0 Å². The Labute approximate surface area is 156 Å². The number of nitrogens with one attached hydrogen (secondary N) is 1. The Kier molecular flexibility index (Phi) is 3.66. The molecule has 0 radical (unpaired) electrons. The number of anilines is 1. The predicted molar refractivity (Wildman–Crippen MR) is 104 cm³/mol. The summed E-state index contributed by atoms with van der Waals surface area (Å²) in [5.74, 6) is 1.07. The summed E-state index contributed by atoms with van der Waals surface area (Å²) in [5, 5.41) is 3.47. The number of benzene rings is 1. The van der Waals surface area contributed by atoms with Gasteiger partial charge in [-0.15, -0.1) is 0 Å². The molecule has 0 bridgehead atoms. The standard InChI is InChI=1S/C21H21BrN2O/c1-20(2)11-15-18(16(25)12-20)21(3,13-7-5-4-6-8-13)17-14(22)9-10-23-19(17)24-15/h4-10H,11-12H2,1-3H3,(H,23,24)/t21-/m0/s1. The van der Waals surface area contributed by atoms with E-state index in [1.807, 2.05) is 24.3 Å². The minimum Gasteiger partial charge on any atom is -0.343 e. The van der Waals surface area contributed by atoms with Crippen LogP contribution in [0.1, 0.15) is 44.7 Å². The van der Waals surface area contributed by atoms with Crippen LogP contribution >= 0.6 is 15.9 Å². The number of allylic oxidation sites excluding steroid dienone is 2. The van der Waals surface area contributed by atoms with E-state index in [9.17, 15) is 4.79 Å². The fourth-order valence-electron chi connectivity index (χ4n) is 4.34. The lowest BCUT2D eigenvalue weighted by Gasteiger charge is -2.44. The van der Waals surface area contributed by atoms with Crippen LogP contribution in [0.25, 0.3) is 0 Å². The molecule has 0 saturated heterocycles. The second kappa shape index (κ2) is 5.53. The van der Waals surface area contributed by atoms with Crippen molar-refractivity contribution in [2.75, 3.05) is 5.32 Å². The maximum absolute atomic E-state index is 13.2. The molecule has 128 valence electrons. The minimum absolute atomic E-state index is 0.0377. The van der Waals surface area contributed by atoms with Gasteiger partial charge in [-0.2, -0.15) is 0 Å². The second-order valence-electron chi connectivity index (χ2n) is 7.93. The highest BCUT2D eigenvalue weighted by molar-refractivity contribution is 9.10. The molecule has 0 spiro atoms. The van der Waals surface area contributed by atoms with E-state index in [-0.39, 0.29) is 11.2 Å². The third-order valence-electron chi connectivity index (χ3n) is 5.40. The zero-order valence-corrected chi connectivity index (χ0v) is 16.3. The summed E-state index contributed by atoms with van der Waals surface area (Å²) in [6, 6.07) is 12.2. The Balaban J connectivity index is 2.05. The van der Waals surface area contributed by atoms with Gasteiger partial charge in [0.15, 0.2) is 5.78 Å². The summed E-state index contributed by atoms with van der Waals surface area (Å²) in [5.41, 5.74) is 3.51. The van der Waals surface area contributed by atoms with Gasteiger partial charge in [-0.1, -0.05) is 60.1 Å². The molecule has 0 unspecified atom stereocenters. The number of rotatable bonds is 1. The molecule has 2 aromatic rings. The monoisotopic (exact) mass is 396 g/mol. The Morgan fingerprint density at radius 3 is 2.52 bits per heavy atom. The molecule has 0 saturated carbocycles. The number of ketones is 1. The van der Waals surface area contributed by atoms with Crippen molar-refractivity contribution in [2.24, 2.45) is 5.41 Å². The highest BCUT2D eigenvalue weighted by Crippen LogP contribution is 2.53. The predicted octanol–water partition coefficient (Wildman–Crippen LogP) is 5.22. The molecular formula is C21H21BrN2O. The topological polar surface area (TPSA) is 42.0 Å². The van der Waals surface area contributed by atoms with Gasteiger partial charge in [-0.25, -0.2) is 4.98 Å². The van der Waals surface area contributed by atoms with Crippen LogP contribution in [-0.4, -0.2) is 10.8 Å². The highest BCUT2D eigenvalue weighted by atomic mass is 79.9. The average Bonchev–Trinajstić information content (AvgIpc) is 2.53. The molecule has 4 rings (SSSR count). The first kappa shape index (κ1) is 16.5. The lowest BCUT2D eigenvalue weighted by atomic mass is 9.62. The normalized spacial score (nSPS) is 24.4. The zero-order valence-electron chi connectivity index (χ0n) is 14.7. The summed E-state index contributed by atoms with van der Waals surface area (Å²) in [7, 11) is 0. The molecular weight excluding hydrogens is 376 g/mol.